The smallest absolute Gasteiger partial charge is 0.311 e. The number of piperazine rings is 1. The molecule has 104 valence electrons. The van der Waals surface area contributed by atoms with Crippen molar-refractivity contribution in [2.24, 2.45) is 0 Å². The highest BCUT2D eigenvalue weighted by molar-refractivity contribution is 6.35. The van der Waals surface area contributed by atoms with Crippen molar-refractivity contribution in [1.29, 1.82) is 5.26 Å². The van der Waals surface area contributed by atoms with Crippen LogP contribution >= 0.6 is 0 Å². The largest absolute Gasteiger partial charge is 0.494 e. The quantitative estimate of drug-likeness (QED) is 0.617. The normalized spacial score (nSPS) is 14.7. The van der Waals surface area contributed by atoms with E-state index in [0.29, 0.717) is 44.0 Å². The number of rotatable bonds is 5. The second-order valence-electron chi connectivity index (χ2n) is 4.39. The van der Waals surface area contributed by atoms with Gasteiger partial charge in [0.15, 0.2) is 0 Å². The molecular formula is C14H15N3O3. The molecule has 2 amide bonds. The summed E-state index contributed by atoms with van der Waals surface area (Å²) in [5.74, 6) is -0.328. The van der Waals surface area contributed by atoms with E-state index in [1.54, 1.807) is 24.3 Å². The molecule has 6 heteroatoms. The molecule has 0 aliphatic carbocycles. The summed E-state index contributed by atoms with van der Waals surface area (Å²) in [6.45, 7) is 2.00. The maximum absolute atomic E-state index is 11.5. The van der Waals surface area contributed by atoms with Gasteiger partial charge in [0.05, 0.1) is 18.2 Å². The number of carbonyl (C=O) groups is 2. The van der Waals surface area contributed by atoms with Gasteiger partial charge in [0.25, 0.3) is 0 Å². The van der Waals surface area contributed by atoms with Crippen molar-refractivity contribution >= 4 is 11.8 Å². The minimum atomic E-state index is -0.538. The summed E-state index contributed by atoms with van der Waals surface area (Å²) < 4.78 is 5.51. The zero-order chi connectivity index (χ0) is 14.4. The van der Waals surface area contributed by atoms with Crippen molar-refractivity contribution in [3.63, 3.8) is 0 Å². The van der Waals surface area contributed by atoms with E-state index in [1.807, 2.05) is 6.07 Å². The standard InChI is InChI=1S/C14H15N3O3/c15-10-11-2-4-12(5-3-11)20-9-1-7-17-8-6-16-13(18)14(17)19/h2-5H,1,6-9H2,(H,16,18). The van der Waals surface area contributed by atoms with E-state index in [4.69, 9.17) is 10.00 Å². The molecular weight excluding hydrogens is 258 g/mol. The zero-order valence-corrected chi connectivity index (χ0v) is 11.0. The second-order valence-corrected chi connectivity index (χ2v) is 4.39. The van der Waals surface area contributed by atoms with Crippen LogP contribution in [0, 0.1) is 11.3 Å². The van der Waals surface area contributed by atoms with Gasteiger partial charge >= 0.3 is 11.8 Å². The molecule has 1 N–H and O–H groups in total. The van der Waals surface area contributed by atoms with Crippen molar-refractivity contribution in [2.45, 2.75) is 6.42 Å². The Morgan fingerprint density at radius 1 is 1.30 bits per heavy atom. The van der Waals surface area contributed by atoms with Crippen molar-refractivity contribution in [2.75, 3.05) is 26.2 Å². The molecule has 0 unspecified atom stereocenters. The first-order valence-corrected chi connectivity index (χ1v) is 6.41. The van der Waals surface area contributed by atoms with E-state index < -0.39 is 11.8 Å². The first-order chi connectivity index (χ1) is 9.70. The number of carbonyl (C=O) groups excluding carboxylic acids is 2. The van der Waals surface area contributed by atoms with Crippen molar-refractivity contribution in [3.05, 3.63) is 29.8 Å². The summed E-state index contributed by atoms with van der Waals surface area (Å²) in [6, 6.07) is 8.88. The molecule has 6 nitrogen and oxygen atoms in total. The first kappa shape index (κ1) is 13.9. The number of benzene rings is 1. The fourth-order valence-electron chi connectivity index (χ4n) is 1.91. The van der Waals surface area contributed by atoms with Gasteiger partial charge in [-0.3, -0.25) is 9.59 Å². The molecule has 0 atom stereocenters. The average molecular weight is 273 g/mol. The fourth-order valence-corrected chi connectivity index (χ4v) is 1.91. The lowest BCUT2D eigenvalue weighted by Crippen LogP contribution is -2.52. The molecule has 1 aliphatic rings. The minimum Gasteiger partial charge on any atom is -0.494 e. The Balaban J connectivity index is 1.72. The lowest BCUT2D eigenvalue weighted by molar-refractivity contribution is -0.148. The van der Waals surface area contributed by atoms with Crippen LogP contribution < -0.4 is 10.1 Å². The predicted molar refractivity (Wildman–Crippen MR) is 70.9 cm³/mol. The van der Waals surface area contributed by atoms with Crippen LogP contribution in [0.15, 0.2) is 24.3 Å². The van der Waals surface area contributed by atoms with E-state index >= 15 is 0 Å². The first-order valence-electron chi connectivity index (χ1n) is 6.41. The topological polar surface area (TPSA) is 82.4 Å². The monoisotopic (exact) mass is 273 g/mol. The van der Waals surface area contributed by atoms with Gasteiger partial charge in [-0.1, -0.05) is 0 Å². The van der Waals surface area contributed by atoms with Crippen LogP contribution in [0.5, 0.6) is 5.75 Å². The summed E-state index contributed by atoms with van der Waals surface area (Å²) in [5, 5.41) is 11.2. The number of nitriles is 1. The predicted octanol–water partition coefficient (Wildman–Crippen LogP) is 0.286. The van der Waals surface area contributed by atoms with E-state index in [9.17, 15) is 9.59 Å². The van der Waals surface area contributed by atoms with Crippen molar-refractivity contribution in [1.82, 2.24) is 10.2 Å². The molecule has 0 bridgehead atoms. The summed E-state index contributed by atoms with van der Waals surface area (Å²) in [5.41, 5.74) is 0.585. The van der Waals surface area contributed by atoms with Crippen LogP contribution in [-0.2, 0) is 9.59 Å². The van der Waals surface area contributed by atoms with Crippen LogP contribution in [0.2, 0.25) is 0 Å². The third-order valence-electron chi connectivity index (χ3n) is 2.97. The molecule has 1 heterocycles. The summed E-state index contributed by atoms with van der Waals surface area (Å²) >= 11 is 0. The Labute approximate surface area is 116 Å². The molecule has 1 saturated heterocycles. The summed E-state index contributed by atoms with van der Waals surface area (Å²) in [7, 11) is 0. The van der Waals surface area contributed by atoms with E-state index in [2.05, 4.69) is 5.32 Å². The minimum absolute atomic E-state index is 0.456. The van der Waals surface area contributed by atoms with Gasteiger partial charge in [0, 0.05) is 19.6 Å². The number of hydrogen-bond acceptors (Lipinski definition) is 4. The van der Waals surface area contributed by atoms with Crippen molar-refractivity contribution in [3.8, 4) is 11.8 Å². The Bertz CT molecular complexity index is 534. The third kappa shape index (κ3) is 3.48. The molecule has 0 aromatic heterocycles. The Kier molecular flexibility index (Phi) is 4.56. The Hall–Kier alpha value is -2.55. The lowest BCUT2D eigenvalue weighted by Gasteiger charge is -2.26. The highest BCUT2D eigenvalue weighted by Gasteiger charge is 2.25. The molecule has 1 aromatic carbocycles. The van der Waals surface area contributed by atoms with Gasteiger partial charge in [-0.15, -0.1) is 0 Å². The van der Waals surface area contributed by atoms with E-state index in [0.717, 1.165) is 0 Å². The fraction of sp³-hybridized carbons (Fsp3) is 0.357. The number of amides is 2. The summed E-state index contributed by atoms with van der Waals surface area (Å²) in [6.07, 6.45) is 0.652. The van der Waals surface area contributed by atoms with Gasteiger partial charge < -0.3 is 15.0 Å². The van der Waals surface area contributed by atoms with Crippen LogP contribution in [-0.4, -0.2) is 43.0 Å². The highest BCUT2D eigenvalue weighted by atomic mass is 16.5. The van der Waals surface area contributed by atoms with Crippen LogP contribution in [0.1, 0.15) is 12.0 Å². The van der Waals surface area contributed by atoms with Gasteiger partial charge in [0.2, 0.25) is 0 Å². The summed E-state index contributed by atoms with van der Waals surface area (Å²) in [4.78, 5) is 24.2. The number of ether oxygens (including phenoxy) is 1. The second kappa shape index (κ2) is 6.57. The van der Waals surface area contributed by atoms with E-state index in [-0.39, 0.29) is 0 Å². The maximum atomic E-state index is 11.5. The third-order valence-corrected chi connectivity index (χ3v) is 2.97. The Morgan fingerprint density at radius 3 is 2.75 bits per heavy atom. The van der Waals surface area contributed by atoms with Gasteiger partial charge in [-0.05, 0) is 30.7 Å². The van der Waals surface area contributed by atoms with Crippen LogP contribution in [0.4, 0.5) is 0 Å². The Morgan fingerprint density at radius 2 is 2.05 bits per heavy atom. The molecule has 1 aliphatic heterocycles. The van der Waals surface area contributed by atoms with Gasteiger partial charge in [-0.25, -0.2) is 0 Å². The maximum Gasteiger partial charge on any atom is 0.311 e. The van der Waals surface area contributed by atoms with Gasteiger partial charge in [0.1, 0.15) is 5.75 Å². The number of hydrogen-bond donors (Lipinski definition) is 1. The molecule has 1 aromatic rings. The molecule has 2 rings (SSSR count). The van der Waals surface area contributed by atoms with Gasteiger partial charge in [-0.2, -0.15) is 5.26 Å². The zero-order valence-electron chi connectivity index (χ0n) is 11.0. The molecule has 0 radical (unpaired) electrons. The lowest BCUT2D eigenvalue weighted by atomic mass is 10.2. The van der Waals surface area contributed by atoms with E-state index in [1.165, 1.54) is 4.90 Å². The molecule has 0 spiro atoms. The van der Waals surface area contributed by atoms with Crippen molar-refractivity contribution < 1.29 is 14.3 Å². The molecule has 20 heavy (non-hydrogen) atoms. The average Bonchev–Trinajstić information content (AvgIpc) is 2.48. The van der Waals surface area contributed by atoms with Crippen LogP contribution in [0.25, 0.3) is 0 Å². The number of nitrogens with one attached hydrogen (secondary N) is 1. The molecule has 1 fully saturated rings. The highest BCUT2D eigenvalue weighted by Crippen LogP contribution is 2.11. The number of nitrogens with zero attached hydrogens (tertiary/aromatic N) is 2. The molecule has 0 saturated carbocycles. The van der Waals surface area contributed by atoms with Crippen LogP contribution in [0.3, 0.4) is 0 Å². The SMILES string of the molecule is N#Cc1ccc(OCCCN2CCNC(=O)C2=O)cc1.